The molecule has 13 nitrogen and oxygen atoms in total. The molecule has 13 heteroatoms. The zero-order valence-corrected chi connectivity index (χ0v) is 22.8. The Balaban J connectivity index is 1.65. The fraction of sp³-hybridized carbons (Fsp3) is 0.393. The third kappa shape index (κ3) is 8.02. The second kappa shape index (κ2) is 14.6. The molecule has 1 saturated heterocycles. The van der Waals surface area contributed by atoms with Gasteiger partial charge in [0.15, 0.2) is 35.4 Å². The average Bonchev–Trinajstić information content (AvgIpc) is 3.25. The van der Waals surface area contributed by atoms with Crippen molar-refractivity contribution in [2.45, 2.75) is 37.6 Å². The fourth-order valence-corrected chi connectivity index (χ4v) is 3.88. The normalized spacial score (nSPS) is 20.9. The molecule has 0 aliphatic carbocycles. The first-order chi connectivity index (χ1) is 19.6. The molecule has 2 aromatic rings. The molecule has 5 atom stereocenters. The summed E-state index contributed by atoms with van der Waals surface area (Å²) < 4.78 is 36.6. The number of aliphatic hydroxyl groups excluding tert-OH is 3. The molecule has 222 valence electrons. The van der Waals surface area contributed by atoms with E-state index in [0.29, 0.717) is 5.56 Å². The maximum atomic E-state index is 13.1. The topological polar surface area (TPSA) is 177 Å². The van der Waals surface area contributed by atoms with Gasteiger partial charge in [-0.3, -0.25) is 9.59 Å². The van der Waals surface area contributed by atoms with Gasteiger partial charge in [0, 0.05) is 25.7 Å². The number of ketones is 1. The van der Waals surface area contributed by atoms with Gasteiger partial charge in [0.05, 0.1) is 20.8 Å². The van der Waals surface area contributed by atoms with Crippen LogP contribution in [0.1, 0.15) is 22.8 Å². The molecule has 0 amide bonds. The van der Waals surface area contributed by atoms with E-state index in [4.69, 9.17) is 33.2 Å². The molecule has 2 aromatic carbocycles. The first kappa shape index (κ1) is 31.5. The predicted octanol–water partition coefficient (Wildman–Crippen LogP) is 0.901. The number of methoxy groups -OCH3 is 3. The largest absolute Gasteiger partial charge is 0.493 e. The maximum Gasteiger partial charge on any atom is 0.330 e. The number of hydrogen-bond acceptors (Lipinski definition) is 13. The highest BCUT2D eigenvalue weighted by Crippen LogP contribution is 2.32. The van der Waals surface area contributed by atoms with E-state index in [0.717, 1.165) is 6.08 Å². The molecular formula is C28H32O13. The molecule has 41 heavy (non-hydrogen) atoms. The highest BCUT2D eigenvalue weighted by Gasteiger charge is 2.43. The molecule has 0 aromatic heterocycles. The number of aliphatic hydroxyl groups is 3. The molecule has 0 spiro atoms. The Morgan fingerprint density at radius 1 is 0.951 bits per heavy atom. The summed E-state index contributed by atoms with van der Waals surface area (Å²) >= 11 is 0. The van der Waals surface area contributed by atoms with Gasteiger partial charge in [0.2, 0.25) is 5.78 Å². The summed E-state index contributed by atoms with van der Waals surface area (Å²) in [7, 11) is 4.05. The average molecular weight is 577 g/mol. The Kier molecular flexibility index (Phi) is 11.2. The van der Waals surface area contributed by atoms with Crippen LogP contribution in [0.25, 0.3) is 6.08 Å². The van der Waals surface area contributed by atoms with Crippen LogP contribution in [0.4, 0.5) is 0 Å². The lowest BCUT2D eigenvalue weighted by atomic mass is 10.1. The zero-order chi connectivity index (χ0) is 30.1. The Bertz CT molecular complexity index is 1260. The lowest BCUT2D eigenvalue weighted by molar-refractivity contribution is -0.162. The smallest absolute Gasteiger partial charge is 0.330 e. The van der Waals surface area contributed by atoms with Crippen LogP contribution in [0.3, 0.4) is 0 Å². The summed E-state index contributed by atoms with van der Waals surface area (Å²) in [6.45, 7) is 0.286. The van der Waals surface area contributed by atoms with Crippen molar-refractivity contribution in [1.82, 2.24) is 0 Å². The second-order valence-corrected chi connectivity index (χ2v) is 8.75. The van der Waals surface area contributed by atoms with Crippen LogP contribution in [0.2, 0.25) is 0 Å². The van der Waals surface area contributed by atoms with Gasteiger partial charge in [-0.05, 0) is 42.0 Å². The van der Waals surface area contributed by atoms with Crippen LogP contribution in [0.5, 0.6) is 23.0 Å². The minimum atomic E-state index is -1.30. The van der Waals surface area contributed by atoms with Crippen molar-refractivity contribution >= 4 is 23.8 Å². The van der Waals surface area contributed by atoms with E-state index >= 15 is 0 Å². The first-order valence-corrected chi connectivity index (χ1v) is 12.4. The third-order valence-electron chi connectivity index (χ3n) is 5.97. The molecule has 1 aliphatic rings. The first-order valence-electron chi connectivity index (χ1n) is 12.4. The number of benzene rings is 2. The molecule has 1 fully saturated rings. The van der Waals surface area contributed by atoms with Gasteiger partial charge >= 0.3 is 11.9 Å². The standard InChI is InChI=1S/C28H32O13/c1-15(30)39-18-9-7-17(12-21(18)36-3)25(32)22(13-29)40-19-8-5-16(11-20(19)35-2)6-10-24(31)38-14-23-26(33)27(34)28(37-4)41-23/h5-12,22-23,26-29,33-34H,13-14H2,1-4H3/b10-6+/t22?,23-,26-,27+,28+/m0/s1. The Morgan fingerprint density at radius 2 is 1.63 bits per heavy atom. The molecule has 0 bridgehead atoms. The zero-order valence-electron chi connectivity index (χ0n) is 22.8. The number of Topliss-reactive ketones (excluding diaryl/α,β-unsaturated/α-hetero) is 1. The van der Waals surface area contributed by atoms with E-state index in [-0.39, 0.29) is 35.2 Å². The number of hydrogen-bond donors (Lipinski definition) is 3. The third-order valence-corrected chi connectivity index (χ3v) is 5.97. The summed E-state index contributed by atoms with van der Waals surface area (Å²) in [6.07, 6.45) is -3.21. The van der Waals surface area contributed by atoms with Crippen molar-refractivity contribution in [3.63, 3.8) is 0 Å². The predicted molar refractivity (Wildman–Crippen MR) is 141 cm³/mol. The van der Waals surface area contributed by atoms with Crippen LogP contribution in [0.15, 0.2) is 42.5 Å². The minimum Gasteiger partial charge on any atom is -0.493 e. The van der Waals surface area contributed by atoms with Crippen LogP contribution >= 0.6 is 0 Å². The number of carbonyl (C=O) groups excluding carboxylic acids is 3. The van der Waals surface area contributed by atoms with Gasteiger partial charge < -0.3 is 48.5 Å². The summed E-state index contributed by atoms with van der Waals surface area (Å²) in [4.78, 5) is 36.5. The van der Waals surface area contributed by atoms with Gasteiger partial charge in [-0.15, -0.1) is 0 Å². The SMILES string of the molecule is COc1cc(C(=O)C(CO)Oc2ccc(/C=C/C(=O)OC[C@@H]3O[C@@H](OC)[C@H](O)[C@H]3O)cc2OC)ccc1OC(C)=O. The molecule has 0 radical (unpaired) electrons. The lowest BCUT2D eigenvalue weighted by Gasteiger charge is -2.19. The minimum absolute atomic E-state index is 0.134. The highest BCUT2D eigenvalue weighted by molar-refractivity contribution is 6.00. The van der Waals surface area contributed by atoms with Crippen molar-refractivity contribution in [3.8, 4) is 23.0 Å². The Hall–Kier alpha value is -4.01. The lowest BCUT2D eigenvalue weighted by Crippen LogP contribution is -2.35. The van der Waals surface area contributed by atoms with Gasteiger partial charge in [0.25, 0.3) is 0 Å². The van der Waals surface area contributed by atoms with Gasteiger partial charge in [0.1, 0.15) is 24.9 Å². The van der Waals surface area contributed by atoms with E-state index in [9.17, 15) is 29.7 Å². The monoisotopic (exact) mass is 576 g/mol. The van der Waals surface area contributed by atoms with E-state index in [1.807, 2.05) is 0 Å². The number of rotatable bonds is 13. The molecule has 1 heterocycles. The van der Waals surface area contributed by atoms with Crippen molar-refractivity contribution in [2.75, 3.05) is 34.5 Å². The fourth-order valence-electron chi connectivity index (χ4n) is 3.88. The highest BCUT2D eigenvalue weighted by atomic mass is 16.7. The Morgan fingerprint density at radius 3 is 2.24 bits per heavy atom. The molecule has 0 saturated carbocycles. The molecule has 1 aliphatic heterocycles. The van der Waals surface area contributed by atoms with E-state index in [1.54, 1.807) is 12.1 Å². The van der Waals surface area contributed by atoms with Gasteiger partial charge in [-0.2, -0.15) is 0 Å². The number of ether oxygens (including phenoxy) is 7. The van der Waals surface area contributed by atoms with Crippen molar-refractivity contribution in [2.24, 2.45) is 0 Å². The van der Waals surface area contributed by atoms with Gasteiger partial charge in [-0.1, -0.05) is 6.07 Å². The van der Waals surface area contributed by atoms with Crippen molar-refractivity contribution < 1.29 is 62.9 Å². The van der Waals surface area contributed by atoms with E-state index in [1.165, 1.54) is 58.6 Å². The number of esters is 2. The molecule has 1 unspecified atom stereocenters. The van der Waals surface area contributed by atoms with Gasteiger partial charge in [-0.25, -0.2) is 4.79 Å². The number of carbonyl (C=O) groups is 3. The quantitative estimate of drug-likeness (QED) is 0.133. The van der Waals surface area contributed by atoms with E-state index < -0.39 is 55.0 Å². The second-order valence-electron chi connectivity index (χ2n) is 8.75. The summed E-state index contributed by atoms with van der Waals surface area (Å²) in [6, 6.07) is 8.81. The summed E-state index contributed by atoms with van der Waals surface area (Å²) in [5, 5.41) is 29.6. The van der Waals surface area contributed by atoms with Crippen LogP contribution in [0, 0.1) is 0 Å². The molecule has 3 rings (SSSR count). The molecular weight excluding hydrogens is 544 g/mol. The Labute approximate surface area is 235 Å². The van der Waals surface area contributed by atoms with Crippen molar-refractivity contribution in [3.05, 3.63) is 53.6 Å². The summed E-state index contributed by atoms with van der Waals surface area (Å²) in [5.41, 5.74) is 0.674. The van der Waals surface area contributed by atoms with Crippen molar-refractivity contribution in [1.29, 1.82) is 0 Å². The van der Waals surface area contributed by atoms with E-state index in [2.05, 4.69) is 0 Å². The van der Waals surface area contributed by atoms with Crippen LogP contribution in [-0.2, 0) is 23.8 Å². The van der Waals surface area contributed by atoms with Crippen LogP contribution in [-0.4, -0.2) is 98.3 Å². The summed E-state index contributed by atoms with van der Waals surface area (Å²) in [5.74, 6) is -1.18. The maximum absolute atomic E-state index is 13.1. The molecule has 3 N–H and O–H groups in total. The van der Waals surface area contributed by atoms with Crippen LogP contribution < -0.4 is 18.9 Å².